The van der Waals surface area contributed by atoms with Crippen LogP contribution >= 0.6 is 0 Å². The maximum atomic E-state index is 13.5. The number of amides is 2. The van der Waals surface area contributed by atoms with Crippen molar-refractivity contribution >= 4 is 17.5 Å². The van der Waals surface area contributed by atoms with Gasteiger partial charge in [0.05, 0.1) is 12.1 Å². The van der Waals surface area contributed by atoms with Crippen molar-refractivity contribution in [1.29, 1.82) is 0 Å². The summed E-state index contributed by atoms with van der Waals surface area (Å²) in [6.07, 6.45) is 0. The van der Waals surface area contributed by atoms with Crippen molar-refractivity contribution in [3.05, 3.63) is 66.0 Å². The van der Waals surface area contributed by atoms with Gasteiger partial charge >= 0.3 is 0 Å². The first kappa shape index (κ1) is 19.8. The van der Waals surface area contributed by atoms with Crippen molar-refractivity contribution in [2.45, 2.75) is 0 Å². The van der Waals surface area contributed by atoms with Gasteiger partial charge in [-0.15, -0.1) is 0 Å². The van der Waals surface area contributed by atoms with E-state index in [4.69, 9.17) is 0 Å². The summed E-state index contributed by atoms with van der Waals surface area (Å²) in [7, 11) is 0. The molecule has 0 spiro atoms. The third-order valence-corrected chi connectivity index (χ3v) is 4.77. The van der Waals surface area contributed by atoms with Gasteiger partial charge in [-0.2, -0.15) is 0 Å². The molecule has 0 saturated carbocycles. The molecule has 0 atom stereocenters. The molecular weight excluding hydrogens is 359 g/mol. The van der Waals surface area contributed by atoms with Crippen LogP contribution in [0.25, 0.3) is 0 Å². The number of carbonyl (C=O) groups excluding carboxylic acids is 2. The Morgan fingerprint density at radius 2 is 1.57 bits per heavy atom. The summed E-state index contributed by atoms with van der Waals surface area (Å²) in [5.74, 6) is -1.48. The van der Waals surface area contributed by atoms with Crippen molar-refractivity contribution in [3.8, 4) is 0 Å². The quantitative estimate of drug-likeness (QED) is 0.759. The molecule has 0 bridgehead atoms. The average molecular weight is 384 g/mol. The largest absolute Gasteiger partial charge is 0.369 e. The van der Waals surface area contributed by atoms with Gasteiger partial charge in [-0.25, -0.2) is 4.39 Å². The van der Waals surface area contributed by atoms with Crippen molar-refractivity contribution in [2.75, 3.05) is 50.7 Å². The van der Waals surface area contributed by atoms with Crippen molar-refractivity contribution in [3.63, 3.8) is 0 Å². The number of halogens is 1. The van der Waals surface area contributed by atoms with Crippen LogP contribution < -0.4 is 15.5 Å². The Balaban J connectivity index is 1.32. The number of anilines is 1. The van der Waals surface area contributed by atoms with E-state index in [0.29, 0.717) is 6.54 Å². The van der Waals surface area contributed by atoms with Crippen molar-refractivity contribution in [1.82, 2.24) is 15.5 Å². The van der Waals surface area contributed by atoms with Gasteiger partial charge in [-0.05, 0) is 24.3 Å². The van der Waals surface area contributed by atoms with E-state index in [1.54, 1.807) is 6.07 Å². The van der Waals surface area contributed by atoms with Gasteiger partial charge < -0.3 is 15.5 Å². The van der Waals surface area contributed by atoms with Crippen LogP contribution in [-0.4, -0.2) is 62.5 Å². The number of nitrogens with one attached hydrogen (secondary N) is 2. The zero-order valence-electron chi connectivity index (χ0n) is 15.7. The highest BCUT2D eigenvalue weighted by atomic mass is 19.1. The van der Waals surface area contributed by atoms with Crippen LogP contribution in [0.5, 0.6) is 0 Å². The molecule has 1 saturated heterocycles. The Bertz CT molecular complexity index is 792. The van der Waals surface area contributed by atoms with E-state index in [9.17, 15) is 14.0 Å². The van der Waals surface area contributed by atoms with Crippen molar-refractivity contribution < 1.29 is 14.0 Å². The van der Waals surface area contributed by atoms with E-state index < -0.39 is 11.7 Å². The summed E-state index contributed by atoms with van der Waals surface area (Å²) in [6.45, 7) is 4.89. The Morgan fingerprint density at radius 1 is 0.893 bits per heavy atom. The summed E-state index contributed by atoms with van der Waals surface area (Å²) < 4.78 is 13.5. The third-order valence-electron chi connectivity index (χ3n) is 4.77. The first-order valence-corrected chi connectivity index (χ1v) is 9.45. The van der Waals surface area contributed by atoms with Crippen LogP contribution in [-0.2, 0) is 4.79 Å². The molecule has 1 aliphatic heterocycles. The van der Waals surface area contributed by atoms with E-state index in [1.165, 1.54) is 23.9 Å². The molecule has 0 radical (unpaired) electrons. The van der Waals surface area contributed by atoms with Gasteiger partial charge in [0, 0.05) is 45.0 Å². The average Bonchev–Trinajstić information content (AvgIpc) is 2.73. The van der Waals surface area contributed by atoms with Crippen LogP contribution in [0.1, 0.15) is 10.4 Å². The lowest BCUT2D eigenvalue weighted by atomic mass is 10.2. The molecule has 2 N–H and O–H groups in total. The summed E-state index contributed by atoms with van der Waals surface area (Å²) in [5, 5.41) is 5.23. The minimum atomic E-state index is -0.602. The second-order valence-corrected chi connectivity index (χ2v) is 6.68. The molecule has 1 fully saturated rings. The SMILES string of the molecule is O=C(CNC(=O)c1ccccc1F)NCCN1CCN(c2ccccc2)CC1. The monoisotopic (exact) mass is 384 g/mol. The van der Waals surface area contributed by atoms with E-state index in [-0.39, 0.29) is 18.0 Å². The second kappa shape index (κ2) is 9.85. The second-order valence-electron chi connectivity index (χ2n) is 6.68. The number of nitrogens with zero attached hydrogens (tertiary/aromatic N) is 2. The number of piperazine rings is 1. The summed E-state index contributed by atoms with van der Waals surface area (Å²) in [6, 6.07) is 16.0. The van der Waals surface area contributed by atoms with Gasteiger partial charge in [-0.1, -0.05) is 30.3 Å². The molecule has 6 nitrogen and oxygen atoms in total. The Hall–Kier alpha value is -2.93. The fourth-order valence-electron chi connectivity index (χ4n) is 3.19. The molecule has 1 heterocycles. The highest BCUT2D eigenvalue weighted by Gasteiger charge is 2.17. The molecule has 0 unspecified atom stereocenters. The maximum absolute atomic E-state index is 13.5. The fourth-order valence-corrected chi connectivity index (χ4v) is 3.19. The topological polar surface area (TPSA) is 64.7 Å². The van der Waals surface area contributed by atoms with Crippen LogP contribution in [0.3, 0.4) is 0 Å². The molecule has 148 valence electrons. The van der Waals surface area contributed by atoms with Gasteiger partial charge in [0.1, 0.15) is 5.82 Å². The van der Waals surface area contributed by atoms with E-state index >= 15 is 0 Å². The molecule has 2 aromatic rings. The number of hydrogen-bond acceptors (Lipinski definition) is 4. The maximum Gasteiger partial charge on any atom is 0.254 e. The lowest BCUT2D eigenvalue weighted by molar-refractivity contribution is -0.120. The lowest BCUT2D eigenvalue weighted by Crippen LogP contribution is -2.49. The number of rotatable bonds is 7. The number of benzene rings is 2. The first-order chi connectivity index (χ1) is 13.6. The molecule has 7 heteroatoms. The number of hydrogen-bond donors (Lipinski definition) is 2. The minimum Gasteiger partial charge on any atom is -0.369 e. The molecule has 0 aliphatic carbocycles. The van der Waals surface area contributed by atoms with Gasteiger partial charge in [-0.3, -0.25) is 14.5 Å². The molecule has 28 heavy (non-hydrogen) atoms. The number of carbonyl (C=O) groups is 2. The predicted molar refractivity (Wildman–Crippen MR) is 107 cm³/mol. The van der Waals surface area contributed by atoms with Crippen molar-refractivity contribution in [2.24, 2.45) is 0 Å². The van der Waals surface area contributed by atoms with E-state index in [0.717, 1.165) is 32.7 Å². The van der Waals surface area contributed by atoms with E-state index in [2.05, 4.69) is 32.6 Å². The zero-order chi connectivity index (χ0) is 19.8. The summed E-state index contributed by atoms with van der Waals surface area (Å²) in [5.41, 5.74) is 1.17. The Morgan fingerprint density at radius 3 is 2.29 bits per heavy atom. The zero-order valence-corrected chi connectivity index (χ0v) is 15.7. The fraction of sp³-hybridized carbons (Fsp3) is 0.333. The highest BCUT2D eigenvalue weighted by Crippen LogP contribution is 2.15. The lowest BCUT2D eigenvalue weighted by Gasteiger charge is -2.36. The first-order valence-electron chi connectivity index (χ1n) is 9.45. The highest BCUT2D eigenvalue weighted by molar-refractivity contribution is 5.96. The van der Waals surface area contributed by atoms with Gasteiger partial charge in [0.15, 0.2) is 0 Å². The van der Waals surface area contributed by atoms with Gasteiger partial charge in [0.2, 0.25) is 5.91 Å². The molecular formula is C21H25FN4O2. The third kappa shape index (κ3) is 5.53. The normalized spacial score (nSPS) is 14.5. The molecule has 2 aromatic carbocycles. The van der Waals surface area contributed by atoms with Crippen LogP contribution in [0, 0.1) is 5.82 Å². The summed E-state index contributed by atoms with van der Waals surface area (Å²) in [4.78, 5) is 28.4. The molecule has 0 aromatic heterocycles. The Kier molecular flexibility index (Phi) is 6.97. The van der Waals surface area contributed by atoms with Crippen LogP contribution in [0.4, 0.5) is 10.1 Å². The number of para-hydroxylation sites is 1. The van der Waals surface area contributed by atoms with Crippen LogP contribution in [0.2, 0.25) is 0 Å². The molecule has 1 aliphatic rings. The van der Waals surface area contributed by atoms with E-state index in [1.807, 2.05) is 18.2 Å². The molecule has 2 amide bonds. The van der Waals surface area contributed by atoms with Gasteiger partial charge in [0.25, 0.3) is 5.91 Å². The Labute approximate surface area is 164 Å². The standard InChI is InChI=1S/C21H25FN4O2/c22-19-9-5-4-8-18(19)21(28)24-16-20(27)23-10-11-25-12-14-26(15-13-25)17-6-2-1-3-7-17/h1-9H,10-16H2,(H,23,27)(H,24,28). The molecule has 3 rings (SSSR count). The van der Waals surface area contributed by atoms with Crippen LogP contribution in [0.15, 0.2) is 54.6 Å². The minimum absolute atomic E-state index is 0.0633. The predicted octanol–water partition coefficient (Wildman–Crippen LogP) is 1.49. The smallest absolute Gasteiger partial charge is 0.254 e. The summed E-state index contributed by atoms with van der Waals surface area (Å²) >= 11 is 0.